The number of esters is 2. The van der Waals surface area contributed by atoms with E-state index >= 15 is 0 Å². The fourth-order valence-corrected chi connectivity index (χ4v) is 2.79. The van der Waals surface area contributed by atoms with Crippen LogP contribution in [0, 0.1) is 0 Å². The summed E-state index contributed by atoms with van der Waals surface area (Å²) in [4.78, 5) is 23.3. The molecule has 0 aliphatic rings. The first-order valence-corrected chi connectivity index (χ1v) is 10.1. The van der Waals surface area contributed by atoms with Gasteiger partial charge < -0.3 is 9.47 Å². The Kier molecular flexibility index (Phi) is 12.2. The second-order valence-electron chi connectivity index (χ2n) is 6.67. The van der Waals surface area contributed by atoms with E-state index in [-0.39, 0.29) is 11.9 Å². The number of hydrogen-bond acceptors (Lipinski definition) is 4. The first-order valence-electron chi connectivity index (χ1n) is 10.1. The van der Waals surface area contributed by atoms with Crippen molar-refractivity contribution < 1.29 is 19.1 Å². The molecule has 0 heterocycles. The van der Waals surface area contributed by atoms with E-state index in [1.165, 1.54) is 0 Å². The molecular formula is C22H34O4. The van der Waals surface area contributed by atoms with Gasteiger partial charge in [-0.2, -0.15) is 0 Å². The lowest BCUT2D eigenvalue weighted by atomic mass is 10.1. The largest absolute Gasteiger partial charge is 0.466 e. The van der Waals surface area contributed by atoms with Crippen LogP contribution >= 0.6 is 0 Å². The summed E-state index contributed by atoms with van der Waals surface area (Å²) in [7, 11) is 0. The van der Waals surface area contributed by atoms with Gasteiger partial charge in [0.2, 0.25) is 0 Å². The number of hydrogen-bond donors (Lipinski definition) is 0. The second-order valence-corrected chi connectivity index (χ2v) is 6.67. The van der Waals surface area contributed by atoms with Gasteiger partial charge in [0.15, 0.2) is 0 Å². The molecule has 0 saturated heterocycles. The highest BCUT2D eigenvalue weighted by atomic mass is 16.5. The van der Waals surface area contributed by atoms with Crippen LogP contribution in [0.15, 0.2) is 24.3 Å². The molecule has 0 N–H and O–H groups in total. The average Bonchev–Trinajstić information content (AvgIpc) is 2.64. The first-order chi connectivity index (χ1) is 12.7. The van der Waals surface area contributed by atoms with E-state index in [0.29, 0.717) is 25.2 Å². The zero-order chi connectivity index (χ0) is 19.0. The quantitative estimate of drug-likeness (QED) is 0.245. The number of para-hydroxylation sites is 1. The van der Waals surface area contributed by atoms with Crippen molar-refractivity contribution in [1.82, 2.24) is 0 Å². The van der Waals surface area contributed by atoms with Crippen molar-refractivity contribution in [1.29, 1.82) is 0 Å². The van der Waals surface area contributed by atoms with Gasteiger partial charge in [-0.15, -0.1) is 0 Å². The molecule has 0 radical (unpaired) electrons. The monoisotopic (exact) mass is 362 g/mol. The molecule has 0 amide bonds. The standard InChI is InChI=1S/C22H34O4/c1-3-13-19-14-11-12-15-20(19)26-22(24)17-10-8-6-5-7-9-16-21(23)25-18-4-2/h11-12,14-15H,3-10,13,16-18H2,1-2H3. The molecule has 26 heavy (non-hydrogen) atoms. The maximum Gasteiger partial charge on any atom is 0.311 e. The Morgan fingerprint density at radius 2 is 1.42 bits per heavy atom. The van der Waals surface area contributed by atoms with E-state index in [1.54, 1.807) is 0 Å². The van der Waals surface area contributed by atoms with Crippen LogP contribution in [0.1, 0.15) is 83.6 Å². The van der Waals surface area contributed by atoms with Gasteiger partial charge >= 0.3 is 11.9 Å². The summed E-state index contributed by atoms with van der Waals surface area (Å²) in [6.45, 7) is 4.64. The van der Waals surface area contributed by atoms with Gasteiger partial charge in [-0.05, 0) is 37.3 Å². The lowest BCUT2D eigenvalue weighted by molar-refractivity contribution is -0.143. The molecule has 146 valence electrons. The van der Waals surface area contributed by atoms with Gasteiger partial charge in [0.25, 0.3) is 0 Å². The van der Waals surface area contributed by atoms with E-state index in [9.17, 15) is 9.59 Å². The lowest BCUT2D eigenvalue weighted by Gasteiger charge is -2.09. The molecule has 0 aliphatic heterocycles. The van der Waals surface area contributed by atoms with Crippen LogP contribution in [-0.2, 0) is 20.7 Å². The van der Waals surface area contributed by atoms with Gasteiger partial charge in [-0.3, -0.25) is 9.59 Å². The van der Waals surface area contributed by atoms with E-state index in [4.69, 9.17) is 9.47 Å². The second kappa shape index (κ2) is 14.3. The molecule has 0 unspecified atom stereocenters. The summed E-state index contributed by atoms with van der Waals surface area (Å²) in [5.41, 5.74) is 1.10. The van der Waals surface area contributed by atoms with Crippen LogP contribution in [0.25, 0.3) is 0 Å². The molecular weight excluding hydrogens is 328 g/mol. The topological polar surface area (TPSA) is 52.6 Å². The van der Waals surface area contributed by atoms with Crippen molar-refractivity contribution in [3.05, 3.63) is 29.8 Å². The minimum absolute atomic E-state index is 0.0852. The fourth-order valence-electron chi connectivity index (χ4n) is 2.79. The molecule has 4 heteroatoms. The Morgan fingerprint density at radius 3 is 2.08 bits per heavy atom. The molecule has 0 aromatic heterocycles. The number of carbonyl (C=O) groups excluding carboxylic acids is 2. The summed E-state index contributed by atoms with van der Waals surface area (Å²) in [6.07, 6.45) is 9.79. The molecule has 0 spiro atoms. The first kappa shape index (κ1) is 22.2. The van der Waals surface area contributed by atoms with Gasteiger partial charge in [-0.1, -0.05) is 64.2 Å². The maximum atomic E-state index is 12.0. The van der Waals surface area contributed by atoms with Crippen molar-refractivity contribution >= 4 is 11.9 Å². The summed E-state index contributed by atoms with van der Waals surface area (Å²) < 4.78 is 10.6. The van der Waals surface area contributed by atoms with Crippen LogP contribution in [-0.4, -0.2) is 18.5 Å². The number of carbonyl (C=O) groups is 2. The normalized spacial score (nSPS) is 10.5. The van der Waals surface area contributed by atoms with Crippen LogP contribution in [0.5, 0.6) is 5.75 Å². The SMILES string of the molecule is CCCOC(=O)CCCCCCCCC(=O)Oc1ccccc1CCC. The molecule has 1 aromatic carbocycles. The predicted molar refractivity (Wildman–Crippen MR) is 104 cm³/mol. The van der Waals surface area contributed by atoms with Gasteiger partial charge in [0.05, 0.1) is 6.61 Å². The molecule has 0 aliphatic carbocycles. The number of rotatable bonds is 14. The Hall–Kier alpha value is -1.84. The van der Waals surface area contributed by atoms with E-state index in [1.807, 2.05) is 31.2 Å². The summed E-state index contributed by atoms with van der Waals surface area (Å²) >= 11 is 0. The third-order valence-electron chi connectivity index (χ3n) is 4.19. The Bertz CT molecular complexity index is 525. The predicted octanol–water partition coefficient (Wildman–Crippen LogP) is 5.62. The van der Waals surface area contributed by atoms with Gasteiger partial charge in [0.1, 0.15) is 5.75 Å². The van der Waals surface area contributed by atoms with Crippen molar-refractivity contribution in [3.8, 4) is 5.75 Å². The van der Waals surface area contributed by atoms with E-state index < -0.39 is 0 Å². The molecule has 0 saturated carbocycles. The number of aryl methyl sites for hydroxylation is 1. The van der Waals surface area contributed by atoms with E-state index in [2.05, 4.69) is 6.92 Å². The average molecular weight is 363 g/mol. The highest BCUT2D eigenvalue weighted by molar-refractivity contribution is 5.72. The molecule has 1 rings (SSSR count). The minimum Gasteiger partial charge on any atom is -0.466 e. The number of benzene rings is 1. The van der Waals surface area contributed by atoms with Crippen LogP contribution in [0.4, 0.5) is 0 Å². The van der Waals surface area contributed by atoms with Crippen LogP contribution in [0.2, 0.25) is 0 Å². The maximum absolute atomic E-state index is 12.0. The van der Waals surface area contributed by atoms with Crippen LogP contribution in [0.3, 0.4) is 0 Å². The summed E-state index contributed by atoms with van der Waals surface area (Å²) in [6, 6.07) is 7.77. The van der Waals surface area contributed by atoms with Crippen LogP contribution < -0.4 is 4.74 Å². The third-order valence-corrected chi connectivity index (χ3v) is 4.19. The van der Waals surface area contributed by atoms with Crippen molar-refractivity contribution in [2.45, 2.75) is 84.5 Å². The zero-order valence-electron chi connectivity index (χ0n) is 16.4. The molecule has 4 nitrogen and oxygen atoms in total. The summed E-state index contributed by atoms with van der Waals surface area (Å²) in [5.74, 6) is 0.472. The van der Waals surface area contributed by atoms with Crippen molar-refractivity contribution in [2.24, 2.45) is 0 Å². The Morgan fingerprint density at radius 1 is 0.808 bits per heavy atom. The Labute approximate surface area is 158 Å². The van der Waals surface area contributed by atoms with Crippen molar-refractivity contribution in [3.63, 3.8) is 0 Å². The molecule has 0 fully saturated rings. The third kappa shape index (κ3) is 10.2. The highest BCUT2D eigenvalue weighted by Crippen LogP contribution is 2.20. The van der Waals surface area contributed by atoms with E-state index in [0.717, 1.165) is 63.4 Å². The zero-order valence-corrected chi connectivity index (χ0v) is 16.4. The van der Waals surface area contributed by atoms with Gasteiger partial charge in [-0.25, -0.2) is 0 Å². The van der Waals surface area contributed by atoms with Crippen molar-refractivity contribution in [2.75, 3.05) is 6.61 Å². The fraction of sp³-hybridized carbons (Fsp3) is 0.636. The molecule has 0 bridgehead atoms. The molecule has 1 aromatic rings. The minimum atomic E-state index is -0.146. The lowest BCUT2D eigenvalue weighted by Crippen LogP contribution is -2.09. The Balaban J connectivity index is 2.06. The number of unbranched alkanes of at least 4 members (excludes halogenated alkanes) is 5. The highest BCUT2D eigenvalue weighted by Gasteiger charge is 2.08. The summed E-state index contributed by atoms with van der Waals surface area (Å²) in [5, 5.41) is 0. The smallest absolute Gasteiger partial charge is 0.311 e. The van der Waals surface area contributed by atoms with Gasteiger partial charge in [0, 0.05) is 12.8 Å². The molecule has 0 atom stereocenters. The number of ether oxygens (including phenoxy) is 2.